The van der Waals surface area contributed by atoms with Crippen LogP contribution in [0.1, 0.15) is 23.7 Å². The van der Waals surface area contributed by atoms with Crippen LogP contribution < -0.4 is 15.4 Å². The molecule has 2 N–H and O–H groups in total. The number of benzene rings is 2. The van der Waals surface area contributed by atoms with E-state index in [0.717, 1.165) is 29.8 Å². The summed E-state index contributed by atoms with van der Waals surface area (Å²) >= 11 is 0. The molecular weight excluding hydrogens is 300 g/mol. The molecule has 1 amide bonds. The fourth-order valence-electron chi connectivity index (χ4n) is 2.76. The molecule has 4 nitrogen and oxygen atoms in total. The molecule has 1 saturated heterocycles. The summed E-state index contributed by atoms with van der Waals surface area (Å²) in [6, 6.07) is 17.9. The first kappa shape index (κ1) is 16.3. The van der Waals surface area contributed by atoms with Crippen LogP contribution in [0.3, 0.4) is 0 Å². The molecule has 1 aliphatic heterocycles. The molecule has 24 heavy (non-hydrogen) atoms. The molecule has 0 radical (unpaired) electrons. The first-order chi connectivity index (χ1) is 11.8. The summed E-state index contributed by atoms with van der Waals surface area (Å²) in [5, 5.41) is 6.10. The van der Waals surface area contributed by atoms with E-state index in [4.69, 9.17) is 4.74 Å². The second-order valence-electron chi connectivity index (χ2n) is 5.84. The fraction of sp³-hybridized carbons (Fsp3) is 0.250. The second-order valence-corrected chi connectivity index (χ2v) is 5.84. The lowest BCUT2D eigenvalue weighted by atomic mass is 10.1. The van der Waals surface area contributed by atoms with Crippen molar-refractivity contribution >= 4 is 5.91 Å². The molecule has 124 valence electrons. The zero-order chi connectivity index (χ0) is 16.8. The molecule has 0 aromatic heterocycles. The number of carbonyl (C=O) groups excluding carboxylic acids is 1. The van der Waals surface area contributed by atoms with Crippen LogP contribution in [0.5, 0.6) is 5.75 Å². The summed E-state index contributed by atoms with van der Waals surface area (Å²) in [4.78, 5) is 11.5. The molecule has 1 heterocycles. The fourth-order valence-corrected chi connectivity index (χ4v) is 2.76. The molecule has 2 unspecified atom stereocenters. The Morgan fingerprint density at radius 3 is 2.58 bits per heavy atom. The van der Waals surface area contributed by atoms with Crippen molar-refractivity contribution in [1.82, 2.24) is 10.6 Å². The maximum Gasteiger partial charge on any atom is 0.237 e. The van der Waals surface area contributed by atoms with Gasteiger partial charge >= 0.3 is 0 Å². The molecule has 2 atom stereocenters. The average molecular weight is 322 g/mol. The Bertz CT molecular complexity index is 683. The molecule has 1 fully saturated rings. The molecule has 1 aliphatic rings. The van der Waals surface area contributed by atoms with Crippen molar-refractivity contribution in [2.75, 3.05) is 6.54 Å². The van der Waals surface area contributed by atoms with E-state index in [-0.39, 0.29) is 18.1 Å². The van der Waals surface area contributed by atoms with Gasteiger partial charge in [-0.25, -0.2) is 0 Å². The van der Waals surface area contributed by atoms with Gasteiger partial charge in [0.25, 0.3) is 0 Å². The van der Waals surface area contributed by atoms with Gasteiger partial charge in [0, 0.05) is 13.1 Å². The van der Waals surface area contributed by atoms with Crippen molar-refractivity contribution in [2.24, 2.45) is 0 Å². The summed E-state index contributed by atoms with van der Waals surface area (Å²) in [7, 11) is 0. The number of rotatable bonds is 7. The van der Waals surface area contributed by atoms with Gasteiger partial charge < -0.3 is 15.4 Å². The average Bonchev–Trinajstić information content (AvgIpc) is 3.04. The van der Waals surface area contributed by atoms with E-state index in [1.54, 1.807) is 6.08 Å². The zero-order valence-electron chi connectivity index (χ0n) is 13.6. The van der Waals surface area contributed by atoms with Crippen LogP contribution in [-0.2, 0) is 11.3 Å². The van der Waals surface area contributed by atoms with Gasteiger partial charge in [0.05, 0.1) is 6.04 Å². The van der Waals surface area contributed by atoms with Crippen molar-refractivity contribution in [2.45, 2.75) is 25.1 Å². The highest BCUT2D eigenvalue weighted by Crippen LogP contribution is 2.23. The first-order valence-corrected chi connectivity index (χ1v) is 8.20. The highest BCUT2D eigenvalue weighted by molar-refractivity contribution is 5.83. The van der Waals surface area contributed by atoms with Gasteiger partial charge in [-0.05, 0) is 35.8 Å². The quantitative estimate of drug-likeness (QED) is 0.771. The number of nitrogens with one attached hydrogen (secondary N) is 2. The number of carbonyl (C=O) groups is 1. The van der Waals surface area contributed by atoms with Crippen molar-refractivity contribution in [3.05, 3.63) is 78.4 Å². The Morgan fingerprint density at radius 2 is 1.96 bits per heavy atom. The van der Waals surface area contributed by atoms with Crippen molar-refractivity contribution in [3.8, 4) is 5.75 Å². The lowest BCUT2D eigenvalue weighted by Gasteiger charge is -2.16. The Kier molecular flexibility index (Phi) is 5.29. The van der Waals surface area contributed by atoms with Crippen molar-refractivity contribution in [3.63, 3.8) is 0 Å². The highest BCUT2D eigenvalue weighted by Gasteiger charge is 2.22. The first-order valence-electron chi connectivity index (χ1n) is 8.20. The van der Waals surface area contributed by atoms with Crippen molar-refractivity contribution < 1.29 is 9.53 Å². The Balaban J connectivity index is 1.57. The van der Waals surface area contributed by atoms with Gasteiger partial charge in [0.2, 0.25) is 5.91 Å². The molecule has 3 rings (SSSR count). The molecule has 4 heteroatoms. The minimum absolute atomic E-state index is 0.0795. The highest BCUT2D eigenvalue weighted by atomic mass is 16.5. The van der Waals surface area contributed by atoms with Crippen LogP contribution in [0, 0.1) is 0 Å². The minimum Gasteiger partial charge on any atom is -0.482 e. The number of amides is 1. The predicted octanol–water partition coefficient (Wildman–Crippen LogP) is 2.97. The van der Waals surface area contributed by atoms with Crippen LogP contribution >= 0.6 is 0 Å². The number of hydrogen-bond acceptors (Lipinski definition) is 3. The van der Waals surface area contributed by atoms with E-state index >= 15 is 0 Å². The third-order valence-electron chi connectivity index (χ3n) is 4.13. The van der Waals surface area contributed by atoms with Crippen LogP contribution in [0.15, 0.2) is 67.3 Å². The summed E-state index contributed by atoms with van der Waals surface area (Å²) in [6.45, 7) is 5.28. The standard InChI is InChI=1S/C20H22N2O2/c1-2-19(16-6-4-3-5-7-16)24-17-10-8-15(9-11-17)14-22-18-12-13-21-20(18)23/h2-11,18-19,22H,1,12-14H2,(H,21,23). The molecule has 0 bridgehead atoms. The minimum atomic E-state index is -0.169. The molecular formula is C20H22N2O2. The van der Waals surface area contributed by atoms with E-state index in [9.17, 15) is 4.79 Å². The lowest BCUT2D eigenvalue weighted by molar-refractivity contribution is -0.120. The SMILES string of the molecule is C=CC(Oc1ccc(CNC2CCNC2=O)cc1)c1ccccc1. The van der Waals surface area contributed by atoms with E-state index < -0.39 is 0 Å². The van der Waals surface area contributed by atoms with Gasteiger partial charge in [-0.15, -0.1) is 0 Å². The van der Waals surface area contributed by atoms with E-state index in [2.05, 4.69) is 17.2 Å². The second kappa shape index (κ2) is 7.79. The monoisotopic (exact) mass is 322 g/mol. The van der Waals surface area contributed by atoms with E-state index in [0.29, 0.717) is 6.54 Å². The van der Waals surface area contributed by atoms with Crippen molar-refractivity contribution in [1.29, 1.82) is 0 Å². The number of hydrogen-bond donors (Lipinski definition) is 2. The maximum atomic E-state index is 11.5. The zero-order valence-corrected chi connectivity index (χ0v) is 13.6. The van der Waals surface area contributed by atoms with Crippen LogP contribution in [0.4, 0.5) is 0 Å². The lowest BCUT2D eigenvalue weighted by Crippen LogP contribution is -2.35. The van der Waals surface area contributed by atoms with Crippen LogP contribution in [-0.4, -0.2) is 18.5 Å². The summed E-state index contributed by atoms with van der Waals surface area (Å²) in [6.07, 6.45) is 2.47. The van der Waals surface area contributed by atoms with Gasteiger partial charge in [-0.3, -0.25) is 4.79 Å². The smallest absolute Gasteiger partial charge is 0.237 e. The normalized spacial score (nSPS) is 18.0. The summed E-state index contributed by atoms with van der Waals surface area (Å²) in [5.74, 6) is 0.887. The molecule has 2 aromatic rings. The van der Waals surface area contributed by atoms with Crippen LogP contribution in [0.2, 0.25) is 0 Å². The Hall–Kier alpha value is -2.59. The largest absolute Gasteiger partial charge is 0.482 e. The van der Waals surface area contributed by atoms with Gasteiger partial charge in [0.1, 0.15) is 11.9 Å². The Labute approximate surface area is 142 Å². The summed E-state index contributed by atoms with van der Waals surface area (Å²) in [5.41, 5.74) is 2.20. The third kappa shape index (κ3) is 4.03. The maximum absolute atomic E-state index is 11.5. The molecule has 0 spiro atoms. The predicted molar refractivity (Wildman–Crippen MR) is 94.7 cm³/mol. The molecule has 0 saturated carbocycles. The van der Waals surface area contributed by atoms with Gasteiger partial charge in [-0.2, -0.15) is 0 Å². The number of ether oxygens (including phenoxy) is 1. The van der Waals surface area contributed by atoms with E-state index in [1.165, 1.54) is 0 Å². The summed E-state index contributed by atoms with van der Waals surface area (Å²) < 4.78 is 6.00. The topological polar surface area (TPSA) is 50.4 Å². The van der Waals surface area contributed by atoms with Crippen LogP contribution in [0.25, 0.3) is 0 Å². The third-order valence-corrected chi connectivity index (χ3v) is 4.13. The van der Waals surface area contributed by atoms with E-state index in [1.807, 2.05) is 54.6 Å². The van der Waals surface area contributed by atoms with Gasteiger partial charge in [0.15, 0.2) is 0 Å². The van der Waals surface area contributed by atoms with Gasteiger partial charge in [-0.1, -0.05) is 49.0 Å². The molecule has 2 aromatic carbocycles. The Morgan fingerprint density at radius 1 is 1.21 bits per heavy atom. The molecule has 0 aliphatic carbocycles.